The molecule has 2 N–H and O–H groups in total. The van der Waals surface area contributed by atoms with Crippen LogP contribution in [0.5, 0.6) is 0 Å². The van der Waals surface area contributed by atoms with Crippen LogP contribution in [0.4, 0.5) is 0 Å². The summed E-state index contributed by atoms with van der Waals surface area (Å²) in [6, 6.07) is 11.8. The van der Waals surface area contributed by atoms with E-state index in [0.717, 1.165) is 29.7 Å². The van der Waals surface area contributed by atoms with Gasteiger partial charge in [-0.2, -0.15) is 0 Å². The molecule has 5 nitrogen and oxygen atoms in total. The van der Waals surface area contributed by atoms with Gasteiger partial charge < -0.3 is 15.0 Å². The number of benzene rings is 1. The Hall–Kier alpha value is -2.40. The summed E-state index contributed by atoms with van der Waals surface area (Å²) in [6.07, 6.45) is 1.42. The van der Waals surface area contributed by atoms with Crippen molar-refractivity contribution in [2.24, 2.45) is 5.92 Å². The molecule has 0 saturated carbocycles. The van der Waals surface area contributed by atoms with Crippen LogP contribution in [-0.4, -0.2) is 17.5 Å². The van der Waals surface area contributed by atoms with E-state index in [1.54, 1.807) is 0 Å². The molecule has 132 valence electrons. The third kappa shape index (κ3) is 3.99. The van der Waals surface area contributed by atoms with Crippen LogP contribution in [0.3, 0.4) is 0 Å². The maximum Gasteiger partial charge on any atom is 0.253 e. The third-order valence-electron chi connectivity index (χ3n) is 4.72. The smallest absolute Gasteiger partial charge is 0.253 e. The summed E-state index contributed by atoms with van der Waals surface area (Å²) in [5.74, 6) is -0.297. The molecule has 1 saturated heterocycles. The molecule has 2 heterocycles. The number of aryl methyl sites for hydroxylation is 2. The first kappa shape index (κ1) is 17.4. The molecule has 1 aliphatic heterocycles. The standard InChI is InChI=1S/C20H24N2O3/c1-13-11-14(2)22-20(24)17(13)12-21-19(23)16-9-6-10-25-18(16)15-7-4-3-5-8-15/h3-5,7-8,11,16,18H,6,9-10,12H2,1-2H3,(H,21,23)(H,22,24)/t16-,18+/m0/s1. The first-order valence-corrected chi connectivity index (χ1v) is 8.70. The van der Waals surface area contributed by atoms with Crippen LogP contribution in [0.2, 0.25) is 0 Å². The second kappa shape index (κ2) is 7.66. The molecule has 1 fully saturated rings. The number of ether oxygens (including phenoxy) is 1. The number of carbonyl (C=O) groups excluding carboxylic acids is 1. The van der Waals surface area contributed by atoms with Gasteiger partial charge in [-0.05, 0) is 43.9 Å². The van der Waals surface area contributed by atoms with Crippen LogP contribution < -0.4 is 10.9 Å². The number of pyridine rings is 1. The summed E-state index contributed by atoms with van der Waals surface area (Å²) in [7, 11) is 0. The van der Waals surface area contributed by atoms with E-state index >= 15 is 0 Å². The molecule has 0 bridgehead atoms. The summed E-state index contributed by atoms with van der Waals surface area (Å²) in [6.45, 7) is 4.64. The normalized spacial score (nSPS) is 20.2. The quantitative estimate of drug-likeness (QED) is 0.899. The first-order valence-electron chi connectivity index (χ1n) is 8.70. The van der Waals surface area contributed by atoms with Gasteiger partial charge in [0.25, 0.3) is 5.56 Å². The molecule has 1 aromatic heterocycles. The van der Waals surface area contributed by atoms with Crippen LogP contribution in [0, 0.1) is 19.8 Å². The van der Waals surface area contributed by atoms with E-state index in [1.165, 1.54) is 0 Å². The fourth-order valence-electron chi connectivity index (χ4n) is 3.43. The number of nitrogens with one attached hydrogen (secondary N) is 2. The molecule has 0 aliphatic carbocycles. The van der Waals surface area contributed by atoms with Gasteiger partial charge in [-0.3, -0.25) is 9.59 Å². The monoisotopic (exact) mass is 340 g/mol. The minimum Gasteiger partial charge on any atom is -0.373 e. The summed E-state index contributed by atoms with van der Waals surface area (Å²) in [4.78, 5) is 27.6. The van der Waals surface area contributed by atoms with E-state index in [-0.39, 0.29) is 30.0 Å². The molecule has 25 heavy (non-hydrogen) atoms. The number of aromatic nitrogens is 1. The lowest BCUT2D eigenvalue weighted by molar-refractivity contribution is -0.134. The minimum atomic E-state index is -0.235. The van der Waals surface area contributed by atoms with E-state index in [2.05, 4.69) is 10.3 Å². The van der Waals surface area contributed by atoms with Gasteiger partial charge in [0.2, 0.25) is 5.91 Å². The topological polar surface area (TPSA) is 71.2 Å². The SMILES string of the molecule is Cc1cc(C)c(CNC(=O)[C@H]2CCCO[C@@H]2c2ccccc2)c(=O)[nH]1. The Labute approximate surface area is 147 Å². The Balaban J connectivity index is 1.72. The molecule has 3 rings (SSSR count). The number of hydrogen-bond donors (Lipinski definition) is 2. The molecule has 2 aromatic rings. The van der Waals surface area contributed by atoms with Crippen LogP contribution in [0.25, 0.3) is 0 Å². The highest BCUT2D eigenvalue weighted by atomic mass is 16.5. The Bertz CT molecular complexity index is 798. The predicted molar refractivity (Wildman–Crippen MR) is 96.2 cm³/mol. The number of rotatable bonds is 4. The molecule has 2 atom stereocenters. The summed E-state index contributed by atoms with van der Waals surface area (Å²) < 4.78 is 5.88. The Morgan fingerprint density at radius 1 is 1.28 bits per heavy atom. The lowest BCUT2D eigenvalue weighted by atomic mass is 9.88. The van der Waals surface area contributed by atoms with E-state index in [9.17, 15) is 9.59 Å². The molecule has 0 spiro atoms. The van der Waals surface area contributed by atoms with Gasteiger partial charge in [-0.1, -0.05) is 30.3 Å². The van der Waals surface area contributed by atoms with Gasteiger partial charge in [0.1, 0.15) is 0 Å². The van der Waals surface area contributed by atoms with Crippen molar-refractivity contribution >= 4 is 5.91 Å². The zero-order valence-corrected chi connectivity index (χ0v) is 14.7. The van der Waals surface area contributed by atoms with Crippen LogP contribution in [0.1, 0.15) is 41.3 Å². The number of hydrogen-bond acceptors (Lipinski definition) is 3. The van der Waals surface area contributed by atoms with Gasteiger partial charge in [-0.15, -0.1) is 0 Å². The highest BCUT2D eigenvalue weighted by Gasteiger charge is 2.32. The predicted octanol–water partition coefficient (Wildman–Crippen LogP) is 2.78. The largest absolute Gasteiger partial charge is 0.373 e. The van der Waals surface area contributed by atoms with Crippen molar-refractivity contribution < 1.29 is 9.53 Å². The van der Waals surface area contributed by atoms with E-state index in [4.69, 9.17) is 4.74 Å². The molecule has 1 aliphatic rings. The number of amides is 1. The van der Waals surface area contributed by atoms with Gasteiger partial charge in [-0.25, -0.2) is 0 Å². The molecule has 1 aromatic carbocycles. The first-order chi connectivity index (χ1) is 12.1. The second-order valence-corrected chi connectivity index (χ2v) is 6.61. The molecular weight excluding hydrogens is 316 g/mol. The van der Waals surface area contributed by atoms with Gasteiger partial charge in [0.05, 0.1) is 12.0 Å². The zero-order valence-electron chi connectivity index (χ0n) is 14.7. The van der Waals surface area contributed by atoms with Crippen molar-refractivity contribution in [1.29, 1.82) is 0 Å². The van der Waals surface area contributed by atoms with Crippen LogP contribution in [0.15, 0.2) is 41.2 Å². The van der Waals surface area contributed by atoms with Crippen molar-refractivity contribution in [1.82, 2.24) is 10.3 Å². The molecule has 5 heteroatoms. The number of carbonyl (C=O) groups is 1. The molecular formula is C20H24N2O3. The maximum atomic E-state index is 12.7. The van der Waals surface area contributed by atoms with Crippen LogP contribution >= 0.6 is 0 Å². The second-order valence-electron chi connectivity index (χ2n) is 6.61. The summed E-state index contributed by atoms with van der Waals surface area (Å²) in [5.41, 5.74) is 3.19. The van der Waals surface area contributed by atoms with Crippen molar-refractivity contribution in [2.45, 2.75) is 39.3 Å². The van der Waals surface area contributed by atoms with E-state index in [0.29, 0.717) is 12.2 Å². The summed E-state index contributed by atoms with van der Waals surface area (Å²) in [5, 5.41) is 2.93. The van der Waals surface area contributed by atoms with Gasteiger partial charge in [0, 0.05) is 24.4 Å². The third-order valence-corrected chi connectivity index (χ3v) is 4.72. The molecule has 1 amide bonds. The van der Waals surface area contributed by atoms with Crippen molar-refractivity contribution in [3.05, 3.63) is 69.1 Å². The fraction of sp³-hybridized carbons (Fsp3) is 0.400. The highest BCUT2D eigenvalue weighted by molar-refractivity contribution is 5.79. The van der Waals surface area contributed by atoms with Crippen molar-refractivity contribution in [2.75, 3.05) is 6.61 Å². The molecule has 0 radical (unpaired) electrons. The summed E-state index contributed by atoms with van der Waals surface area (Å²) >= 11 is 0. The van der Waals surface area contributed by atoms with Crippen LogP contribution in [-0.2, 0) is 16.1 Å². The lowest BCUT2D eigenvalue weighted by Crippen LogP contribution is -2.38. The highest BCUT2D eigenvalue weighted by Crippen LogP contribution is 2.33. The average Bonchev–Trinajstić information content (AvgIpc) is 2.61. The minimum absolute atomic E-state index is 0.0621. The Morgan fingerprint density at radius 3 is 2.76 bits per heavy atom. The Kier molecular flexibility index (Phi) is 5.34. The zero-order chi connectivity index (χ0) is 17.8. The van der Waals surface area contributed by atoms with Crippen molar-refractivity contribution in [3.63, 3.8) is 0 Å². The number of H-pyrrole nitrogens is 1. The molecule has 0 unspecified atom stereocenters. The van der Waals surface area contributed by atoms with Gasteiger partial charge >= 0.3 is 0 Å². The fourth-order valence-corrected chi connectivity index (χ4v) is 3.43. The Morgan fingerprint density at radius 2 is 2.04 bits per heavy atom. The average molecular weight is 340 g/mol. The lowest BCUT2D eigenvalue weighted by Gasteiger charge is -2.31. The maximum absolute atomic E-state index is 12.7. The number of aromatic amines is 1. The van der Waals surface area contributed by atoms with E-state index < -0.39 is 0 Å². The van der Waals surface area contributed by atoms with E-state index in [1.807, 2.05) is 50.2 Å². The van der Waals surface area contributed by atoms with Gasteiger partial charge in [0.15, 0.2) is 0 Å². The van der Waals surface area contributed by atoms with Crippen molar-refractivity contribution in [3.8, 4) is 0 Å².